The number of pyridine rings is 1. The molecule has 0 saturated carbocycles. The molecule has 146 valence electrons. The summed E-state index contributed by atoms with van der Waals surface area (Å²) in [5.74, 6) is 1.57. The second-order valence-corrected chi connectivity index (χ2v) is 7.25. The molecule has 0 amide bonds. The minimum atomic E-state index is -0.0741. The lowest BCUT2D eigenvalue weighted by Gasteiger charge is -2.17. The van der Waals surface area contributed by atoms with Crippen molar-refractivity contribution < 1.29 is 19.0 Å². The molecule has 2 aliphatic rings. The van der Waals surface area contributed by atoms with Crippen LogP contribution in [0.25, 0.3) is 22.4 Å². The van der Waals surface area contributed by atoms with Crippen molar-refractivity contribution in [2.45, 2.75) is 26.2 Å². The highest BCUT2D eigenvalue weighted by Crippen LogP contribution is 2.49. The zero-order valence-corrected chi connectivity index (χ0v) is 16.5. The van der Waals surface area contributed by atoms with Gasteiger partial charge in [-0.15, -0.1) is 0 Å². The highest BCUT2D eigenvalue weighted by Gasteiger charge is 2.37. The molecule has 0 saturated heterocycles. The number of rotatable bonds is 5. The Hall–Kier alpha value is -3.34. The van der Waals surface area contributed by atoms with Crippen LogP contribution in [0, 0.1) is 0 Å². The zero-order chi connectivity index (χ0) is 20.0. The van der Waals surface area contributed by atoms with Gasteiger partial charge in [-0.2, -0.15) is 0 Å². The molecule has 0 unspecified atom stereocenters. The quantitative estimate of drug-likeness (QED) is 0.480. The third-order valence-electron chi connectivity index (χ3n) is 5.54. The van der Waals surface area contributed by atoms with Crippen LogP contribution in [0.4, 0.5) is 0 Å². The van der Waals surface area contributed by atoms with Gasteiger partial charge in [-0.25, -0.2) is 4.98 Å². The van der Waals surface area contributed by atoms with Gasteiger partial charge in [0.15, 0.2) is 17.3 Å². The van der Waals surface area contributed by atoms with Gasteiger partial charge in [0.1, 0.15) is 0 Å². The molecule has 5 nitrogen and oxygen atoms in total. The number of ketones is 1. The van der Waals surface area contributed by atoms with E-state index in [2.05, 4.69) is 6.92 Å². The van der Waals surface area contributed by atoms with E-state index in [-0.39, 0.29) is 12.6 Å². The van der Waals surface area contributed by atoms with E-state index >= 15 is 0 Å². The molecule has 0 fully saturated rings. The van der Waals surface area contributed by atoms with Gasteiger partial charge in [-0.3, -0.25) is 4.79 Å². The smallest absolute Gasteiger partial charge is 0.231 e. The molecule has 5 heteroatoms. The molecule has 5 rings (SSSR count). The number of unbranched alkanes of at least 4 members (excludes halogenated alkanes) is 1. The standard InChI is InChI=1S/C24H21NO4/c1-3-4-10-15-20-16-11-18-19(29-13-28-18)12-17(16)23(26)21(20)24(27-2)25-22(15)14-8-6-5-7-9-14/h5-9,11-12H,3-4,10,13H2,1-2H3. The van der Waals surface area contributed by atoms with Crippen molar-refractivity contribution in [3.63, 3.8) is 0 Å². The van der Waals surface area contributed by atoms with Crippen molar-refractivity contribution in [1.82, 2.24) is 4.98 Å². The highest BCUT2D eigenvalue weighted by atomic mass is 16.7. The third kappa shape index (κ3) is 2.69. The summed E-state index contributed by atoms with van der Waals surface area (Å²) in [7, 11) is 1.56. The van der Waals surface area contributed by atoms with Gasteiger partial charge in [-0.1, -0.05) is 43.7 Å². The van der Waals surface area contributed by atoms with Crippen LogP contribution in [0.5, 0.6) is 17.4 Å². The first-order valence-corrected chi connectivity index (χ1v) is 9.88. The number of nitrogens with zero attached hydrogens (tertiary/aromatic N) is 1. The number of hydrogen-bond donors (Lipinski definition) is 0. The van der Waals surface area contributed by atoms with Crippen LogP contribution in [0.1, 0.15) is 41.3 Å². The van der Waals surface area contributed by atoms with Crippen LogP contribution >= 0.6 is 0 Å². The summed E-state index contributed by atoms with van der Waals surface area (Å²) in [5.41, 5.74) is 5.92. The molecular formula is C24H21NO4. The van der Waals surface area contributed by atoms with E-state index in [0.717, 1.165) is 47.2 Å². The predicted molar refractivity (Wildman–Crippen MR) is 110 cm³/mol. The Labute approximate surface area is 169 Å². The summed E-state index contributed by atoms with van der Waals surface area (Å²) in [4.78, 5) is 18.1. The van der Waals surface area contributed by atoms with Crippen molar-refractivity contribution in [3.8, 4) is 39.8 Å². The zero-order valence-electron chi connectivity index (χ0n) is 16.5. The fourth-order valence-corrected chi connectivity index (χ4v) is 4.16. The van der Waals surface area contributed by atoms with Crippen molar-refractivity contribution >= 4 is 5.78 Å². The predicted octanol–water partition coefficient (Wildman–Crippen LogP) is 5.04. The van der Waals surface area contributed by atoms with Crippen LogP contribution in [0.3, 0.4) is 0 Å². The van der Waals surface area contributed by atoms with Gasteiger partial charge in [0.25, 0.3) is 0 Å². The van der Waals surface area contributed by atoms with E-state index in [1.807, 2.05) is 36.4 Å². The number of carbonyl (C=O) groups is 1. The molecule has 2 aromatic carbocycles. The monoisotopic (exact) mass is 387 g/mol. The first-order valence-electron chi connectivity index (χ1n) is 9.88. The average molecular weight is 387 g/mol. The number of carbonyl (C=O) groups excluding carboxylic acids is 1. The maximum atomic E-state index is 13.3. The summed E-state index contributed by atoms with van der Waals surface area (Å²) in [6, 6.07) is 13.8. The molecule has 0 N–H and O–H groups in total. The molecule has 1 aliphatic heterocycles. The lowest BCUT2D eigenvalue weighted by molar-refractivity contribution is 0.103. The van der Waals surface area contributed by atoms with Crippen LogP contribution in [-0.2, 0) is 6.42 Å². The van der Waals surface area contributed by atoms with Gasteiger partial charge in [0.05, 0.1) is 18.4 Å². The largest absolute Gasteiger partial charge is 0.480 e. The Morgan fingerprint density at radius 1 is 1.03 bits per heavy atom. The van der Waals surface area contributed by atoms with Crippen LogP contribution in [-0.4, -0.2) is 24.7 Å². The van der Waals surface area contributed by atoms with Crippen molar-refractivity contribution in [2.75, 3.05) is 13.9 Å². The lowest BCUT2D eigenvalue weighted by atomic mass is 9.92. The van der Waals surface area contributed by atoms with Gasteiger partial charge in [0, 0.05) is 16.7 Å². The maximum absolute atomic E-state index is 13.3. The van der Waals surface area contributed by atoms with E-state index in [0.29, 0.717) is 28.5 Å². The molecule has 0 atom stereocenters. The molecule has 29 heavy (non-hydrogen) atoms. The molecule has 1 aliphatic carbocycles. The molecule has 0 bridgehead atoms. The van der Waals surface area contributed by atoms with E-state index in [9.17, 15) is 4.79 Å². The molecular weight excluding hydrogens is 366 g/mol. The fourth-order valence-electron chi connectivity index (χ4n) is 4.16. The summed E-state index contributed by atoms with van der Waals surface area (Å²) < 4.78 is 16.7. The van der Waals surface area contributed by atoms with Gasteiger partial charge < -0.3 is 14.2 Å². The highest BCUT2D eigenvalue weighted by molar-refractivity contribution is 6.24. The minimum Gasteiger partial charge on any atom is -0.480 e. The van der Waals surface area contributed by atoms with Crippen LogP contribution < -0.4 is 14.2 Å². The summed E-state index contributed by atoms with van der Waals surface area (Å²) in [5, 5.41) is 0. The summed E-state index contributed by atoms with van der Waals surface area (Å²) >= 11 is 0. The average Bonchev–Trinajstić information content (AvgIpc) is 3.33. The second-order valence-electron chi connectivity index (χ2n) is 7.25. The van der Waals surface area contributed by atoms with E-state index < -0.39 is 0 Å². The molecule has 2 heterocycles. The van der Waals surface area contributed by atoms with Gasteiger partial charge in [0.2, 0.25) is 12.7 Å². The molecule has 0 radical (unpaired) electrons. The topological polar surface area (TPSA) is 57.7 Å². The molecule has 3 aromatic rings. The van der Waals surface area contributed by atoms with Crippen LogP contribution in [0.15, 0.2) is 42.5 Å². The number of hydrogen-bond acceptors (Lipinski definition) is 5. The lowest BCUT2D eigenvalue weighted by Crippen LogP contribution is -2.06. The first-order chi connectivity index (χ1) is 14.2. The molecule has 1 aromatic heterocycles. The van der Waals surface area contributed by atoms with E-state index in [1.54, 1.807) is 13.2 Å². The number of aromatic nitrogens is 1. The Morgan fingerprint density at radius 3 is 2.45 bits per heavy atom. The Kier molecular flexibility index (Phi) is 4.23. The fraction of sp³-hybridized carbons (Fsp3) is 0.250. The number of ether oxygens (including phenoxy) is 3. The van der Waals surface area contributed by atoms with Gasteiger partial charge >= 0.3 is 0 Å². The minimum absolute atomic E-state index is 0.0741. The van der Waals surface area contributed by atoms with Crippen molar-refractivity contribution in [2.24, 2.45) is 0 Å². The van der Waals surface area contributed by atoms with Crippen LogP contribution in [0.2, 0.25) is 0 Å². The number of methoxy groups -OCH3 is 1. The SMILES string of the molecule is CCCCc1c(-c2ccccc2)nc(OC)c2c1-c1cc3c(cc1C2=O)OCO3. The van der Waals surface area contributed by atoms with Gasteiger partial charge in [-0.05, 0) is 36.1 Å². The first kappa shape index (κ1) is 17.7. The van der Waals surface area contributed by atoms with E-state index in [4.69, 9.17) is 19.2 Å². The van der Waals surface area contributed by atoms with Crippen molar-refractivity contribution in [3.05, 3.63) is 59.2 Å². The van der Waals surface area contributed by atoms with Crippen molar-refractivity contribution in [1.29, 1.82) is 0 Å². The number of fused-ring (bicyclic) bond motifs is 4. The Balaban J connectivity index is 1.83. The number of benzene rings is 2. The Bertz CT molecular complexity index is 1120. The second kappa shape index (κ2) is 6.92. The molecule has 0 spiro atoms. The summed E-state index contributed by atoms with van der Waals surface area (Å²) in [6.07, 6.45) is 2.90. The normalized spacial score (nSPS) is 13.4. The third-order valence-corrected chi connectivity index (χ3v) is 5.54. The Morgan fingerprint density at radius 2 is 1.76 bits per heavy atom. The summed E-state index contributed by atoms with van der Waals surface area (Å²) in [6.45, 7) is 2.34. The maximum Gasteiger partial charge on any atom is 0.231 e. The van der Waals surface area contributed by atoms with E-state index in [1.165, 1.54) is 0 Å².